The number of nitrogens with zero attached hydrogens (tertiary/aromatic N) is 1. The third kappa shape index (κ3) is 3.81. The van der Waals surface area contributed by atoms with E-state index in [0.29, 0.717) is 0 Å². The van der Waals surface area contributed by atoms with Gasteiger partial charge in [-0.2, -0.15) is 0 Å². The van der Waals surface area contributed by atoms with Crippen molar-refractivity contribution in [2.45, 2.75) is 25.8 Å². The number of hydrogen-bond donors (Lipinski definition) is 2. The van der Waals surface area contributed by atoms with Crippen molar-refractivity contribution in [2.24, 2.45) is 5.92 Å². The highest BCUT2D eigenvalue weighted by Crippen LogP contribution is 2.28. The van der Waals surface area contributed by atoms with Gasteiger partial charge in [0, 0.05) is 11.6 Å². The van der Waals surface area contributed by atoms with Crippen LogP contribution in [0, 0.1) is 5.92 Å². The fraction of sp³-hybridized carbons (Fsp3) is 0.438. The van der Waals surface area contributed by atoms with Gasteiger partial charge in [0.05, 0.1) is 23.9 Å². The van der Waals surface area contributed by atoms with Crippen LogP contribution >= 0.6 is 0 Å². The highest BCUT2D eigenvalue weighted by molar-refractivity contribution is 7.94. The molecule has 8 nitrogen and oxygen atoms in total. The van der Waals surface area contributed by atoms with E-state index in [-0.39, 0.29) is 35.5 Å². The van der Waals surface area contributed by atoms with Crippen LogP contribution in [-0.2, 0) is 19.6 Å². The Morgan fingerprint density at radius 2 is 1.84 bits per heavy atom. The van der Waals surface area contributed by atoms with Crippen LogP contribution in [0.2, 0.25) is 0 Å². The maximum atomic E-state index is 12.1. The molecule has 1 aliphatic carbocycles. The number of sulfonamides is 1. The zero-order chi connectivity index (χ0) is 18.2. The first-order valence-electron chi connectivity index (χ1n) is 8.02. The Balaban J connectivity index is 1.64. The van der Waals surface area contributed by atoms with E-state index in [1.807, 2.05) is 0 Å². The molecule has 25 heavy (non-hydrogen) atoms. The van der Waals surface area contributed by atoms with E-state index >= 15 is 0 Å². The van der Waals surface area contributed by atoms with Crippen molar-refractivity contribution < 1.29 is 22.8 Å². The molecule has 1 unspecified atom stereocenters. The van der Waals surface area contributed by atoms with Gasteiger partial charge in [0.15, 0.2) is 0 Å². The third-order valence-corrected chi connectivity index (χ3v) is 5.94. The number of anilines is 1. The molecule has 2 aliphatic rings. The van der Waals surface area contributed by atoms with E-state index in [9.17, 15) is 22.8 Å². The first-order valence-corrected chi connectivity index (χ1v) is 9.63. The Bertz CT molecular complexity index is 815. The van der Waals surface area contributed by atoms with Crippen LogP contribution < -0.4 is 14.9 Å². The standard InChI is InChI=1S/C16H19N3O5S/c1-10-9-25(23,24)19(16(10)22)13-6-2-11(3-7-13)15(21)17-8-14(20)18-12-4-5-12/h2-3,6-7,10,12H,4-5,8-9H2,1H3,(H,17,21)(H,18,20). The van der Waals surface area contributed by atoms with Crippen molar-refractivity contribution in [3.63, 3.8) is 0 Å². The average Bonchev–Trinajstić information content (AvgIpc) is 3.33. The number of nitrogens with one attached hydrogen (secondary N) is 2. The minimum Gasteiger partial charge on any atom is -0.352 e. The zero-order valence-electron chi connectivity index (χ0n) is 13.7. The quantitative estimate of drug-likeness (QED) is 0.763. The second kappa shape index (κ2) is 6.47. The molecular weight excluding hydrogens is 346 g/mol. The van der Waals surface area contributed by atoms with Crippen molar-refractivity contribution in [3.8, 4) is 0 Å². The number of amides is 3. The van der Waals surface area contributed by atoms with Crippen LogP contribution in [0.5, 0.6) is 0 Å². The molecule has 1 saturated carbocycles. The normalized spacial score (nSPS) is 21.9. The Kier molecular flexibility index (Phi) is 4.51. The van der Waals surface area contributed by atoms with Gasteiger partial charge in [-0.1, -0.05) is 6.92 Å². The number of hydrogen-bond acceptors (Lipinski definition) is 5. The van der Waals surface area contributed by atoms with Gasteiger partial charge in [0.2, 0.25) is 21.8 Å². The molecule has 1 saturated heterocycles. The topological polar surface area (TPSA) is 113 Å². The Morgan fingerprint density at radius 1 is 1.20 bits per heavy atom. The lowest BCUT2D eigenvalue weighted by atomic mass is 10.1. The largest absolute Gasteiger partial charge is 0.352 e. The zero-order valence-corrected chi connectivity index (χ0v) is 14.5. The summed E-state index contributed by atoms with van der Waals surface area (Å²) < 4.78 is 24.9. The number of rotatable bonds is 5. The predicted octanol–water partition coefficient (Wildman–Crippen LogP) is 0.00750. The summed E-state index contributed by atoms with van der Waals surface area (Å²) in [5, 5.41) is 5.26. The van der Waals surface area contributed by atoms with E-state index in [4.69, 9.17) is 0 Å². The van der Waals surface area contributed by atoms with Crippen molar-refractivity contribution in [2.75, 3.05) is 16.6 Å². The highest BCUT2D eigenvalue weighted by Gasteiger charge is 2.41. The van der Waals surface area contributed by atoms with Gasteiger partial charge in [-0.15, -0.1) is 0 Å². The molecule has 0 spiro atoms. The molecule has 1 atom stereocenters. The van der Waals surface area contributed by atoms with Crippen LogP contribution in [0.15, 0.2) is 24.3 Å². The molecular formula is C16H19N3O5S. The van der Waals surface area contributed by atoms with E-state index in [0.717, 1.165) is 17.1 Å². The molecule has 134 valence electrons. The molecule has 1 aromatic carbocycles. The predicted molar refractivity (Wildman–Crippen MR) is 90.4 cm³/mol. The first kappa shape index (κ1) is 17.4. The number of benzene rings is 1. The van der Waals surface area contributed by atoms with E-state index in [1.165, 1.54) is 24.3 Å². The van der Waals surface area contributed by atoms with Gasteiger partial charge in [-0.25, -0.2) is 12.7 Å². The maximum Gasteiger partial charge on any atom is 0.251 e. The second-order valence-electron chi connectivity index (χ2n) is 6.35. The van der Waals surface area contributed by atoms with Crippen LogP contribution in [-0.4, -0.2) is 44.5 Å². The third-order valence-electron chi connectivity index (χ3n) is 4.08. The summed E-state index contributed by atoms with van der Waals surface area (Å²) in [5.74, 6) is -1.96. The lowest BCUT2D eigenvalue weighted by Gasteiger charge is -2.15. The minimum atomic E-state index is -3.67. The van der Waals surface area contributed by atoms with Crippen LogP contribution in [0.1, 0.15) is 30.1 Å². The van der Waals surface area contributed by atoms with Crippen molar-refractivity contribution in [1.82, 2.24) is 10.6 Å². The molecule has 3 amide bonds. The molecule has 2 fully saturated rings. The van der Waals surface area contributed by atoms with E-state index < -0.39 is 27.8 Å². The Hall–Kier alpha value is -2.42. The molecule has 1 aliphatic heterocycles. The van der Waals surface area contributed by atoms with Gasteiger partial charge < -0.3 is 10.6 Å². The molecule has 2 N–H and O–H groups in total. The minimum absolute atomic E-state index is 0.117. The molecule has 1 aromatic rings. The number of carbonyl (C=O) groups excluding carboxylic acids is 3. The Labute approximate surface area is 145 Å². The number of carbonyl (C=O) groups is 3. The highest BCUT2D eigenvalue weighted by atomic mass is 32.2. The van der Waals surface area contributed by atoms with Crippen molar-refractivity contribution >= 4 is 33.4 Å². The average molecular weight is 365 g/mol. The molecule has 3 rings (SSSR count). The fourth-order valence-electron chi connectivity index (χ4n) is 2.60. The Morgan fingerprint density at radius 3 is 2.36 bits per heavy atom. The van der Waals surface area contributed by atoms with Gasteiger partial charge in [0.1, 0.15) is 0 Å². The van der Waals surface area contributed by atoms with Gasteiger partial charge in [-0.05, 0) is 37.1 Å². The fourth-order valence-corrected chi connectivity index (χ4v) is 4.42. The summed E-state index contributed by atoms with van der Waals surface area (Å²) in [4.78, 5) is 35.6. The van der Waals surface area contributed by atoms with Gasteiger partial charge >= 0.3 is 0 Å². The summed E-state index contributed by atoms with van der Waals surface area (Å²) >= 11 is 0. The van der Waals surface area contributed by atoms with Crippen molar-refractivity contribution in [1.29, 1.82) is 0 Å². The van der Waals surface area contributed by atoms with Crippen LogP contribution in [0.25, 0.3) is 0 Å². The monoisotopic (exact) mass is 365 g/mol. The molecule has 0 radical (unpaired) electrons. The van der Waals surface area contributed by atoms with Gasteiger partial charge in [0.25, 0.3) is 5.91 Å². The maximum absolute atomic E-state index is 12.1. The second-order valence-corrected chi connectivity index (χ2v) is 8.22. The van der Waals surface area contributed by atoms with E-state index in [1.54, 1.807) is 6.92 Å². The smallest absolute Gasteiger partial charge is 0.251 e. The summed E-state index contributed by atoms with van der Waals surface area (Å²) in [5.41, 5.74) is 0.484. The van der Waals surface area contributed by atoms with Gasteiger partial charge in [-0.3, -0.25) is 14.4 Å². The van der Waals surface area contributed by atoms with Crippen LogP contribution in [0.4, 0.5) is 5.69 Å². The molecule has 9 heteroatoms. The SMILES string of the molecule is CC1CS(=O)(=O)N(c2ccc(C(=O)NCC(=O)NC3CC3)cc2)C1=O. The molecule has 0 aromatic heterocycles. The molecule has 0 bridgehead atoms. The lowest BCUT2D eigenvalue weighted by Crippen LogP contribution is -2.37. The van der Waals surface area contributed by atoms with Crippen LogP contribution in [0.3, 0.4) is 0 Å². The van der Waals surface area contributed by atoms with E-state index in [2.05, 4.69) is 10.6 Å². The van der Waals surface area contributed by atoms with Crippen molar-refractivity contribution in [3.05, 3.63) is 29.8 Å². The summed E-state index contributed by atoms with van der Waals surface area (Å²) in [6.07, 6.45) is 1.94. The first-order chi connectivity index (χ1) is 11.8. The molecule has 1 heterocycles. The lowest BCUT2D eigenvalue weighted by molar-refractivity contribution is -0.120. The summed E-state index contributed by atoms with van der Waals surface area (Å²) in [6, 6.07) is 5.90. The summed E-state index contributed by atoms with van der Waals surface area (Å²) in [7, 11) is -3.67. The summed E-state index contributed by atoms with van der Waals surface area (Å²) in [6.45, 7) is 1.45.